The third-order valence-corrected chi connectivity index (χ3v) is 2.91. The monoisotopic (exact) mass is 279 g/mol. The van der Waals surface area contributed by atoms with Crippen LogP contribution in [0.4, 0.5) is 5.95 Å². The van der Waals surface area contributed by atoms with Crippen LogP contribution in [0, 0.1) is 0 Å². The Morgan fingerprint density at radius 2 is 1.80 bits per heavy atom. The van der Waals surface area contributed by atoms with Crippen LogP contribution < -0.4 is 10.0 Å². The van der Waals surface area contributed by atoms with Gasteiger partial charge in [-0.1, -0.05) is 0 Å². The quantitative estimate of drug-likeness (QED) is 0.608. The molecular formula is C12H15N4O4-. The van der Waals surface area contributed by atoms with Crippen molar-refractivity contribution in [3.05, 3.63) is 18.5 Å². The van der Waals surface area contributed by atoms with Crippen LogP contribution in [-0.2, 0) is 14.3 Å². The fourth-order valence-electron chi connectivity index (χ4n) is 1.92. The Balaban J connectivity index is 1.76. The van der Waals surface area contributed by atoms with E-state index in [1.807, 2.05) is 4.90 Å². The Bertz CT molecular complexity index is 460. The van der Waals surface area contributed by atoms with Crippen LogP contribution in [0.5, 0.6) is 0 Å². The van der Waals surface area contributed by atoms with Crippen molar-refractivity contribution in [3.63, 3.8) is 0 Å². The maximum atomic E-state index is 11.8. The van der Waals surface area contributed by atoms with Gasteiger partial charge >= 0.3 is 0 Å². The maximum absolute atomic E-state index is 11.8. The number of nitrogens with zero attached hydrogens (tertiary/aromatic N) is 4. The molecule has 0 atom stereocenters. The number of amides is 1. The summed E-state index contributed by atoms with van der Waals surface area (Å²) < 4.78 is 4.73. The van der Waals surface area contributed by atoms with Crippen molar-refractivity contribution in [1.82, 2.24) is 14.9 Å². The van der Waals surface area contributed by atoms with Gasteiger partial charge in [-0.2, -0.15) is 0 Å². The van der Waals surface area contributed by atoms with E-state index in [0.717, 1.165) is 0 Å². The van der Waals surface area contributed by atoms with Gasteiger partial charge in [0.1, 0.15) is 6.61 Å². The second kappa shape index (κ2) is 6.80. The largest absolute Gasteiger partial charge is 0.548 e. The number of ether oxygens (including phenoxy) is 1. The minimum atomic E-state index is -1.33. The van der Waals surface area contributed by atoms with Crippen molar-refractivity contribution in [2.24, 2.45) is 0 Å². The van der Waals surface area contributed by atoms with Crippen molar-refractivity contribution in [2.75, 3.05) is 44.3 Å². The van der Waals surface area contributed by atoms with E-state index in [1.165, 1.54) is 0 Å². The molecule has 0 unspecified atom stereocenters. The summed E-state index contributed by atoms with van der Waals surface area (Å²) in [6.45, 7) is 1.53. The lowest BCUT2D eigenvalue weighted by atomic mass is 10.3. The van der Waals surface area contributed by atoms with Gasteiger partial charge in [0.2, 0.25) is 11.9 Å². The Morgan fingerprint density at radius 3 is 2.40 bits per heavy atom. The Labute approximate surface area is 116 Å². The second-order valence-electron chi connectivity index (χ2n) is 4.28. The van der Waals surface area contributed by atoms with E-state index in [0.29, 0.717) is 32.1 Å². The van der Waals surface area contributed by atoms with Crippen LogP contribution >= 0.6 is 0 Å². The van der Waals surface area contributed by atoms with Crippen LogP contribution in [0.15, 0.2) is 18.5 Å². The van der Waals surface area contributed by atoms with Gasteiger partial charge in [-0.3, -0.25) is 4.79 Å². The van der Waals surface area contributed by atoms with Gasteiger partial charge < -0.3 is 24.4 Å². The standard InChI is InChI=1S/C12H16N4O4/c17-10(8-20-9-11(18)19)15-4-6-16(7-5-15)12-13-2-1-3-14-12/h1-3H,4-9H2,(H,18,19)/p-1. The fraction of sp³-hybridized carbons (Fsp3) is 0.500. The number of anilines is 1. The van der Waals surface area contributed by atoms with Crippen LogP contribution in [0.2, 0.25) is 0 Å². The summed E-state index contributed by atoms with van der Waals surface area (Å²) in [6, 6.07) is 1.75. The highest BCUT2D eigenvalue weighted by molar-refractivity contribution is 5.78. The van der Waals surface area contributed by atoms with Gasteiger partial charge in [0, 0.05) is 38.6 Å². The van der Waals surface area contributed by atoms with Gasteiger partial charge in [0.05, 0.1) is 12.6 Å². The molecule has 1 aliphatic rings. The van der Waals surface area contributed by atoms with E-state index in [2.05, 4.69) is 9.97 Å². The normalized spacial score (nSPS) is 15.2. The van der Waals surface area contributed by atoms with Crippen molar-refractivity contribution < 1.29 is 19.4 Å². The molecule has 1 fully saturated rings. The lowest BCUT2D eigenvalue weighted by molar-refractivity contribution is -0.309. The molecule has 1 aliphatic heterocycles. The Hall–Kier alpha value is -2.22. The molecule has 1 saturated heterocycles. The molecule has 108 valence electrons. The van der Waals surface area contributed by atoms with Gasteiger partial charge in [0.15, 0.2) is 0 Å². The lowest BCUT2D eigenvalue weighted by Gasteiger charge is -2.34. The van der Waals surface area contributed by atoms with Crippen molar-refractivity contribution in [1.29, 1.82) is 0 Å². The average molecular weight is 279 g/mol. The molecule has 1 amide bonds. The van der Waals surface area contributed by atoms with Crippen LogP contribution in [0.25, 0.3) is 0 Å². The molecule has 8 nitrogen and oxygen atoms in total. The number of aromatic nitrogens is 2. The number of carboxylic acids is 1. The van der Waals surface area contributed by atoms with E-state index in [1.54, 1.807) is 23.4 Å². The second-order valence-corrected chi connectivity index (χ2v) is 4.28. The van der Waals surface area contributed by atoms with E-state index >= 15 is 0 Å². The Kier molecular flexibility index (Phi) is 4.83. The fourth-order valence-corrected chi connectivity index (χ4v) is 1.92. The highest BCUT2D eigenvalue weighted by Crippen LogP contribution is 2.09. The summed E-state index contributed by atoms with van der Waals surface area (Å²) in [7, 11) is 0. The average Bonchev–Trinajstić information content (AvgIpc) is 2.48. The molecule has 1 aromatic heterocycles. The van der Waals surface area contributed by atoms with E-state index in [4.69, 9.17) is 4.74 Å². The van der Waals surface area contributed by atoms with E-state index in [-0.39, 0.29) is 12.5 Å². The van der Waals surface area contributed by atoms with Crippen molar-refractivity contribution in [3.8, 4) is 0 Å². The zero-order valence-electron chi connectivity index (χ0n) is 10.9. The number of carbonyl (C=O) groups is 2. The van der Waals surface area contributed by atoms with Gasteiger partial charge in [-0.05, 0) is 6.07 Å². The zero-order valence-corrected chi connectivity index (χ0v) is 10.9. The summed E-state index contributed by atoms with van der Waals surface area (Å²) in [6.07, 6.45) is 3.35. The van der Waals surface area contributed by atoms with Crippen LogP contribution in [-0.4, -0.2) is 66.1 Å². The zero-order chi connectivity index (χ0) is 14.4. The van der Waals surface area contributed by atoms with Gasteiger partial charge in [-0.15, -0.1) is 0 Å². The summed E-state index contributed by atoms with van der Waals surface area (Å²) in [4.78, 5) is 33.9. The predicted octanol–water partition coefficient (Wildman–Crippen LogP) is -2.11. The number of rotatable bonds is 5. The Morgan fingerprint density at radius 1 is 1.15 bits per heavy atom. The summed E-state index contributed by atoms with van der Waals surface area (Å²) in [5.74, 6) is -0.906. The van der Waals surface area contributed by atoms with Gasteiger partial charge in [-0.25, -0.2) is 9.97 Å². The molecule has 20 heavy (non-hydrogen) atoms. The first-order valence-electron chi connectivity index (χ1n) is 6.24. The number of carboxylic acid groups (broad SMARTS) is 1. The van der Waals surface area contributed by atoms with E-state index < -0.39 is 12.6 Å². The first-order chi connectivity index (χ1) is 9.66. The molecule has 0 N–H and O–H groups in total. The highest BCUT2D eigenvalue weighted by atomic mass is 16.5. The molecule has 2 heterocycles. The predicted molar refractivity (Wildman–Crippen MR) is 66.7 cm³/mol. The third-order valence-electron chi connectivity index (χ3n) is 2.91. The first kappa shape index (κ1) is 14.2. The summed E-state index contributed by atoms with van der Waals surface area (Å²) in [5.41, 5.74) is 0. The number of piperazine rings is 1. The number of hydrogen-bond acceptors (Lipinski definition) is 7. The van der Waals surface area contributed by atoms with Crippen molar-refractivity contribution >= 4 is 17.8 Å². The van der Waals surface area contributed by atoms with E-state index in [9.17, 15) is 14.7 Å². The molecule has 0 radical (unpaired) electrons. The smallest absolute Gasteiger partial charge is 0.248 e. The summed E-state index contributed by atoms with van der Waals surface area (Å²) in [5, 5.41) is 10.2. The SMILES string of the molecule is O=C([O-])COCC(=O)N1CCN(c2ncccn2)CC1. The minimum absolute atomic E-state index is 0.222. The number of carbonyl (C=O) groups excluding carboxylic acids is 2. The molecule has 8 heteroatoms. The molecular weight excluding hydrogens is 264 g/mol. The summed E-state index contributed by atoms with van der Waals surface area (Å²) >= 11 is 0. The molecule has 0 saturated carbocycles. The number of hydrogen-bond donors (Lipinski definition) is 0. The molecule has 2 rings (SSSR count). The first-order valence-corrected chi connectivity index (χ1v) is 6.24. The van der Waals surface area contributed by atoms with Crippen molar-refractivity contribution in [2.45, 2.75) is 0 Å². The third kappa shape index (κ3) is 3.89. The lowest BCUT2D eigenvalue weighted by Crippen LogP contribution is -2.50. The topological polar surface area (TPSA) is 98.7 Å². The minimum Gasteiger partial charge on any atom is -0.548 e. The van der Waals surface area contributed by atoms with Crippen LogP contribution in [0.3, 0.4) is 0 Å². The van der Waals surface area contributed by atoms with Gasteiger partial charge in [0.25, 0.3) is 0 Å². The molecule has 0 bridgehead atoms. The number of aliphatic carboxylic acids is 1. The highest BCUT2D eigenvalue weighted by Gasteiger charge is 2.22. The molecule has 1 aromatic rings. The molecule has 0 spiro atoms. The molecule has 0 aliphatic carbocycles. The maximum Gasteiger partial charge on any atom is 0.248 e. The van der Waals surface area contributed by atoms with Crippen LogP contribution in [0.1, 0.15) is 0 Å². The molecule has 0 aromatic carbocycles.